The van der Waals surface area contributed by atoms with Crippen molar-refractivity contribution in [3.63, 3.8) is 0 Å². The van der Waals surface area contributed by atoms with E-state index in [0.29, 0.717) is 0 Å². The van der Waals surface area contributed by atoms with Gasteiger partial charge in [0.15, 0.2) is 0 Å². The molecule has 2 aromatic rings. The predicted molar refractivity (Wildman–Crippen MR) is 78.7 cm³/mol. The van der Waals surface area contributed by atoms with Gasteiger partial charge in [0.2, 0.25) is 0 Å². The monoisotopic (exact) mass is 291 g/mol. The van der Waals surface area contributed by atoms with Gasteiger partial charge in [-0.1, -0.05) is 48.5 Å². The van der Waals surface area contributed by atoms with E-state index >= 15 is 0 Å². The summed E-state index contributed by atoms with van der Waals surface area (Å²) >= 11 is 0. The lowest BCUT2D eigenvalue weighted by molar-refractivity contribution is 0.859. The molecule has 0 heterocycles. The van der Waals surface area contributed by atoms with Crippen LogP contribution in [0.5, 0.6) is 0 Å². The van der Waals surface area contributed by atoms with Crippen LogP contribution in [-0.4, -0.2) is 0 Å². The average Bonchev–Trinajstić information content (AvgIpc) is 2.33. The third-order valence-corrected chi connectivity index (χ3v) is 3.14. The molecule has 0 bridgehead atoms. The number of halogens is 1. The first-order chi connectivity index (χ1) is 7.70. The van der Waals surface area contributed by atoms with Gasteiger partial charge in [0.1, 0.15) is 0 Å². The van der Waals surface area contributed by atoms with Crippen molar-refractivity contribution in [2.45, 2.75) is 19.9 Å². The fraction of sp³-hybridized carbons (Fsp3) is 0.200. The van der Waals surface area contributed by atoms with Crippen LogP contribution in [0, 0.1) is 13.8 Å². The highest BCUT2D eigenvalue weighted by Gasteiger charge is 2.11. The third kappa shape index (κ3) is 2.96. The molecule has 0 aliphatic heterocycles. The summed E-state index contributed by atoms with van der Waals surface area (Å²) in [6.45, 7) is 4.25. The Morgan fingerprint density at radius 3 is 2.18 bits per heavy atom. The zero-order chi connectivity index (χ0) is 11.5. The fourth-order valence-electron chi connectivity index (χ4n) is 1.95. The minimum Gasteiger partial charge on any atom is -0.320 e. The third-order valence-electron chi connectivity index (χ3n) is 3.14. The van der Waals surface area contributed by atoms with Crippen LogP contribution in [0.25, 0.3) is 0 Å². The topological polar surface area (TPSA) is 26.0 Å². The predicted octanol–water partition coefficient (Wildman–Crippen LogP) is 3.93. The minimum atomic E-state index is -0.0268. The number of hydrogen-bond acceptors (Lipinski definition) is 1. The molecule has 1 unspecified atom stereocenters. The Hall–Kier alpha value is -1.12. The van der Waals surface area contributed by atoms with E-state index in [9.17, 15) is 0 Å². The van der Waals surface area contributed by atoms with E-state index in [1.807, 2.05) is 18.2 Å². The van der Waals surface area contributed by atoms with Crippen molar-refractivity contribution in [3.8, 4) is 0 Å². The van der Waals surface area contributed by atoms with Crippen molar-refractivity contribution in [3.05, 3.63) is 70.8 Å². The lowest BCUT2D eigenvalue weighted by Crippen LogP contribution is -2.13. The van der Waals surface area contributed by atoms with Crippen LogP contribution >= 0.6 is 17.0 Å². The molecule has 2 heteroatoms. The molecule has 0 saturated heterocycles. The second kappa shape index (κ2) is 5.99. The largest absolute Gasteiger partial charge is 0.320 e. The quantitative estimate of drug-likeness (QED) is 0.891. The van der Waals surface area contributed by atoms with Crippen LogP contribution < -0.4 is 5.73 Å². The van der Waals surface area contributed by atoms with E-state index < -0.39 is 0 Å². The van der Waals surface area contributed by atoms with Gasteiger partial charge in [-0.15, -0.1) is 17.0 Å². The average molecular weight is 292 g/mol. The first-order valence-corrected chi connectivity index (χ1v) is 5.57. The van der Waals surface area contributed by atoms with Crippen LogP contribution in [0.1, 0.15) is 28.3 Å². The Morgan fingerprint density at radius 2 is 1.53 bits per heavy atom. The van der Waals surface area contributed by atoms with Gasteiger partial charge < -0.3 is 5.73 Å². The molecule has 0 radical (unpaired) electrons. The van der Waals surface area contributed by atoms with Gasteiger partial charge in [-0.25, -0.2) is 0 Å². The summed E-state index contributed by atoms with van der Waals surface area (Å²) in [5.74, 6) is 0. The van der Waals surface area contributed by atoms with Crippen molar-refractivity contribution >= 4 is 17.0 Å². The highest BCUT2D eigenvalue weighted by molar-refractivity contribution is 8.93. The second-order valence-electron chi connectivity index (χ2n) is 4.18. The molecule has 17 heavy (non-hydrogen) atoms. The second-order valence-corrected chi connectivity index (χ2v) is 4.18. The molecule has 0 fully saturated rings. The van der Waals surface area contributed by atoms with Crippen molar-refractivity contribution in [2.75, 3.05) is 0 Å². The Bertz CT molecular complexity index is 480. The molecule has 2 N–H and O–H groups in total. The molecule has 0 saturated carbocycles. The van der Waals surface area contributed by atoms with Crippen molar-refractivity contribution in [1.29, 1.82) is 0 Å². The number of nitrogens with two attached hydrogens (primary N) is 1. The molecule has 1 atom stereocenters. The standard InChI is InChI=1S/C15H17N.BrH/c1-11-7-6-10-14(12(11)2)15(16)13-8-4-3-5-9-13;/h3-10,15H,16H2,1-2H3;1H. The first-order valence-electron chi connectivity index (χ1n) is 5.57. The first kappa shape index (κ1) is 13.9. The Morgan fingerprint density at radius 1 is 0.882 bits per heavy atom. The van der Waals surface area contributed by atoms with E-state index in [2.05, 4.69) is 44.2 Å². The van der Waals surface area contributed by atoms with Gasteiger partial charge in [0.05, 0.1) is 6.04 Å². The molecule has 1 nitrogen and oxygen atoms in total. The lowest BCUT2D eigenvalue weighted by atomic mass is 9.93. The van der Waals surface area contributed by atoms with E-state index in [0.717, 1.165) is 5.56 Å². The summed E-state index contributed by atoms with van der Waals surface area (Å²) < 4.78 is 0. The molecule has 0 aliphatic carbocycles. The van der Waals surface area contributed by atoms with Crippen molar-refractivity contribution < 1.29 is 0 Å². The summed E-state index contributed by atoms with van der Waals surface area (Å²) in [5, 5.41) is 0. The van der Waals surface area contributed by atoms with Crippen molar-refractivity contribution in [1.82, 2.24) is 0 Å². The molecule has 0 aliphatic rings. The molecule has 0 aromatic heterocycles. The van der Waals surface area contributed by atoms with Gasteiger partial charge in [-0.05, 0) is 36.1 Å². The van der Waals surface area contributed by atoms with E-state index in [-0.39, 0.29) is 23.0 Å². The van der Waals surface area contributed by atoms with Crippen LogP contribution in [0.4, 0.5) is 0 Å². The molecular weight excluding hydrogens is 274 g/mol. The summed E-state index contributed by atoms with van der Waals surface area (Å²) in [4.78, 5) is 0. The highest BCUT2D eigenvalue weighted by atomic mass is 79.9. The number of hydrogen-bond donors (Lipinski definition) is 1. The van der Waals surface area contributed by atoms with Crippen LogP contribution in [0.2, 0.25) is 0 Å². The minimum absolute atomic E-state index is 0. The maximum absolute atomic E-state index is 6.29. The van der Waals surface area contributed by atoms with E-state index in [1.165, 1.54) is 16.7 Å². The molecule has 2 aromatic carbocycles. The number of benzene rings is 2. The van der Waals surface area contributed by atoms with Crippen LogP contribution in [-0.2, 0) is 0 Å². The normalized spacial score (nSPS) is 11.7. The molecular formula is C15H18BrN. The summed E-state index contributed by atoms with van der Waals surface area (Å²) in [7, 11) is 0. The van der Waals surface area contributed by atoms with E-state index in [4.69, 9.17) is 5.73 Å². The van der Waals surface area contributed by atoms with Gasteiger partial charge >= 0.3 is 0 Å². The van der Waals surface area contributed by atoms with Gasteiger partial charge in [0.25, 0.3) is 0 Å². The molecule has 90 valence electrons. The van der Waals surface area contributed by atoms with Gasteiger partial charge in [-0.3, -0.25) is 0 Å². The van der Waals surface area contributed by atoms with E-state index in [1.54, 1.807) is 0 Å². The van der Waals surface area contributed by atoms with Gasteiger partial charge in [-0.2, -0.15) is 0 Å². The summed E-state index contributed by atoms with van der Waals surface area (Å²) in [6, 6.07) is 16.5. The molecule has 0 spiro atoms. The van der Waals surface area contributed by atoms with Crippen LogP contribution in [0.3, 0.4) is 0 Å². The maximum Gasteiger partial charge on any atom is 0.0554 e. The summed E-state index contributed by atoms with van der Waals surface area (Å²) in [5.41, 5.74) is 11.2. The number of aryl methyl sites for hydroxylation is 1. The fourth-order valence-corrected chi connectivity index (χ4v) is 1.95. The molecule has 2 rings (SSSR count). The smallest absolute Gasteiger partial charge is 0.0554 e. The van der Waals surface area contributed by atoms with Crippen LogP contribution in [0.15, 0.2) is 48.5 Å². The zero-order valence-electron chi connectivity index (χ0n) is 10.2. The van der Waals surface area contributed by atoms with Crippen molar-refractivity contribution in [2.24, 2.45) is 5.73 Å². The lowest BCUT2D eigenvalue weighted by Gasteiger charge is -2.16. The van der Waals surface area contributed by atoms with Gasteiger partial charge in [0, 0.05) is 0 Å². The zero-order valence-corrected chi connectivity index (χ0v) is 11.9. The maximum atomic E-state index is 6.29. The highest BCUT2D eigenvalue weighted by Crippen LogP contribution is 2.24. The number of rotatable bonds is 2. The summed E-state index contributed by atoms with van der Waals surface area (Å²) in [6.07, 6.45) is 0. The Kier molecular flexibility index (Phi) is 4.91. The SMILES string of the molecule is Br.Cc1cccc(C(N)c2ccccc2)c1C. The Balaban J connectivity index is 0.00000144. The Labute approximate surface area is 113 Å². The molecule has 0 amide bonds.